The fraction of sp³-hybridized carbons (Fsp3) is 0.750. The molecule has 0 fully saturated rings. The van der Waals surface area contributed by atoms with Gasteiger partial charge in [-0.3, -0.25) is 4.68 Å². The number of nitrogens with zero attached hydrogens (tertiary/aromatic N) is 2. The largest absolute Gasteiger partial charge is 0.489 e. The normalized spacial score (nSPS) is 11.0. The Morgan fingerprint density at radius 3 is 3.00 bits per heavy atom. The van der Waals surface area contributed by atoms with Gasteiger partial charge in [0.25, 0.3) is 0 Å². The molecule has 1 aromatic heterocycles. The minimum Gasteiger partial charge on any atom is -0.489 e. The summed E-state index contributed by atoms with van der Waals surface area (Å²) in [6.45, 7) is 10.1. The van der Waals surface area contributed by atoms with Crippen LogP contribution in [0.5, 0.6) is 5.75 Å². The lowest BCUT2D eigenvalue weighted by Gasteiger charge is -2.07. The molecule has 92 valence electrons. The summed E-state index contributed by atoms with van der Waals surface area (Å²) in [5.41, 5.74) is 0. The van der Waals surface area contributed by atoms with Crippen molar-refractivity contribution in [1.82, 2.24) is 15.1 Å². The Morgan fingerprint density at radius 1 is 1.50 bits per heavy atom. The van der Waals surface area contributed by atoms with Gasteiger partial charge in [-0.1, -0.05) is 20.8 Å². The minimum absolute atomic E-state index is 0.687. The zero-order valence-electron chi connectivity index (χ0n) is 10.6. The second-order valence-electron chi connectivity index (χ2n) is 4.39. The predicted molar refractivity (Wildman–Crippen MR) is 65.7 cm³/mol. The van der Waals surface area contributed by atoms with Gasteiger partial charge in [0.1, 0.15) is 6.61 Å². The molecule has 0 atom stereocenters. The maximum Gasteiger partial charge on any atom is 0.157 e. The van der Waals surface area contributed by atoms with Crippen LogP contribution in [0.3, 0.4) is 0 Å². The van der Waals surface area contributed by atoms with E-state index < -0.39 is 0 Å². The van der Waals surface area contributed by atoms with Gasteiger partial charge in [-0.25, -0.2) is 0 Å². The van der Waals surface area contributed by atoms with Crippen molar-refractivity contribution in [2.45, 2.75) is 33.7 Å². The highest BCUT2D eigenvalue weighted by Gasteiger charge is 1.98. The van der Waals surface area contributed by atoms with E-state index in [0.717, 1.165) is 31.8 Å². The molecule has 0 spiro atoms. The lowest BCUT2D eigenvalue weighted by molar-refractivity contribution is 0.310. The average Bonchev–Trinajstić information content (AvgIpc) is 2.65. The highest BCUT2D eigenvalue weighted by atomic mass is 16.5. The second-order valence-corrected chi connectivity index (χ2v) is 4.39. The first-order valence-electron chi connectivity index (χ1n) is 6.08. The highest BCUT2D eigenvalue weighted by Crippen LogP contribution is 2.07. The summed E-state index contributed by atoms with van der Waals surface area (Å²) in [6, 6.07) is 0. The number of aromatic nitrogens is 2. The first-order valence-corrected chi connectivity index (χ1v) is 6.08. The van der Waals surface area contributed by atoms with Crippen LogP contribution in [-0.4, -0.2) is 29.5 Å². The zero-order chi connectivity index (χ0) is 11.8. The van der Waals surface area contributed by atoms with E-state index in [0.29, 0.717) is 12.5 Å². The molecule has 0 radical (unpaired) electrons. The summed E-state index contributed by atoms with van der Waals surface area (Å²) < 4.78 is 7.48. The molecule has 0 aromatic carbocycles. The SMILES string of the molecule is CCCn1cc(OCCNCC(C)C)cn1. The Morgan fingerprint density at radius 2 is 2.31 bits per heavy atom. The molecule has 0 saturated carbocycles. The van der Waals surface area contributed by atoms with Gasteiger partial charge in [0.05, 0.1) is 12.4 Å². The van der Waals surface area contributed by atoms with Crippen LogP contribution in [0.25, 0.3) is 0 Å². The van der Waals surface area contributed by atoms with Gasteiger partial charge in [0.2, 0.25) is 0 Å². The van der Waals surface area contributed by atoms with Crippen molar-refractivity contribution in [2.24, 2.45) is 5.92 Å². The lowest BCUT2D eigenvalue weighted by atomic mass is 10.2. The number of nitrogens with one attached hydrogen (secondary N) is 1. The average molecular weight is 225 g/mol. The maximum atomic E-state index is 5.57. The molecule has 4 heteroatoms. The van der Waals surface area contributed by atoms with Crippen LogP contribution < -0.4 is 10.1 Å². The van der Waals surface area contributed by atoms with Gasteiger partial charge < -0.3 is 10.1 Å². The Kier molecular flexibility index (Phi) is 5.93. The summed E-state index contributed by atoms with van der Waals surface area (Å²) in [6.07, 6.45) is 4.82. The molecular weight excluding hydrogens is 202 g/mol. The van der Waals surface area contributed by atoms with Crippen molar-refractivity contribution in [1.29, 1.82) is 0 Å². The van der Waals surface area contributed by atoms with Crippen molar-refractivity contribution < 1.29 is 4.74 Å². The molecule has 4 nitrogen and oxygen atoms in total. The smallest absolute Gasteiger partial charge is 0.157 e. The number of hydrogen-bond acceptors (Lipinski definition) is 3. The van der Waals surface area contributed by atoms with Gasteiger partial charge >= 0.3 is 0 Å². The lowest BCUT2D eigenvalue weighted by Crippen LogP contribution is -2.24. The molecule has 1 aromatic rings. The first-order chi connectivity index (χ1) is 7.72. The van der Waals surface area contributed by atoms with E-state index in [1.807, 2.05) is 10.9 Å². The Hall–Kier alpha value is -1.03. The second kappa shape index (κ2) is 7.28. The van der Waals surface area contributed by atoms with Crippen LogP contribution in [0.2, 0.25) is 0 Å². The van der Waals surface area contributed by atoms with Gasteiger partial charge in [-0.15, -0.1) is 0 Å². The van der Waals surface area contributed by atoms with Crippen LogP contribution in [0.15, 0.2) is 12.4 Å². The van der Waals surface area contributed by atoms with Crippen LogP contribution >= 0.6 is 0 Å². The molecule has 1 rings (SSSR count). The fourth-order valence-electron chi connectivity index (χ4n) is 1.40. The van der Waals surface area contributed by atoms with Crippen molar-refractivity contribution in [3.63, 3.8) is 0 Å². The number of rotatable bonds is 8. The third-order valence-corrected chi connectivity index (χ3v) is 2.16. The minimum atomic E-state index is 0.687. The van der Waals surface area contributed by atoms with Crippen molar-refractivity contribution in [3.8, 4) is 5.75 Å². The Labute approximate surface area is 98.0 Å². The molecule has 16 heavy (non-hydrogen) atoms. The van der Waals surface area contributed by atoms with Crippen LogP contribution in [0.1, 0.15) is 27.2 Å². The zero-order valence-corrected chi connectivity index (χ0v) is 10.6. The summed E-state index contributed by atoms with van der Waals surface area (Å²) in [7, 11) is 0. The van der Waals surface area contributed by atoms with Gasteiger partial charge in [0.15, 0.2) is 5.75 Å². The van der Waals surface area contributed by atoms with Gasteiger partial charge in [-0.05, 0) is 18.9 Å². The highest BCUT2D eigenvalue weighted by molar-refractivity contribution is 5.11. The van der Waals surface area contributed by atoms with E-state index in [1.165, 1.54) is 0 Å². The van der Waals surface area contributed by atoms with E-state index in [-0.39, 0.29) is 0 Å². The predicted octanol–water partition coefficient (Wildman–Crippen LogP) is 1.92. The summed E-state index contributed by atoms with van der Waals surface area (Å²) in [4.78, 5) is 0. The molecular formula is C12H23N3O. The first kappa shape index (κ1) is 13.0. The van der Waals surface area contributed by atoms with E-state index in [1.54, 1.807) is 6.20 Å². The Balaban J connectivity index is 2.12. The van der Waals surface area contributed by atoms with E-state index >= 15 is 0 Å². The van der Waals surface area contributed by atoms with Gasteiger partial charge in [-0.2, -0.15) is 5.10 Å². The summed E-state index contributed by atoms with van der Waals surface area (Å²) in [5.74, 6) is 1.55. The molecule has 0 aliphatic rings. The molecule has 1 heterocycles. The molecule has 1 N–H and O–H groups in total. The summed E-state index contributed by atoms with van der Waals surface area (Å²) >= 11 is 0. The third kappa shape index (κ3) is 5.16. The van der Waals surface area contributed by atoms with Crippen LogP contribution in [0, 0.1) is 5.92 Å². The topological polar surface area (TPSA) is 39.1 Å². The third-order valence-electron chi connectivity index (χ3n) is 2.16. The van der Waals surface area contributed by atoms with Crippen LogP contribution in [-0.2, 0) is 6.54 Å². The fourth-order valence-corrected chi connectivity index (χ4v) is 1.40. The quantitative estimate of drug-likeness (QED) is 0.687. The Bertz CT molecular complexity index is 284. The maximum absolute atomic E-state index is 5.57. The molecule has 0 aliphatic heterocycles. The standard InChI is InChI=1S/C12H23N3O/c1-4-6-15-10-12(9-14-15)16-7-5-13-8-11(2)3/h9-11,13H,4-8H2,1-3H3. The van der Waals surface area contributed by atoms with E-state index in [4.69, 9.17) is 4.74 Å². The van der Waals surface area contributed by atoms with Crippen LogP contribution in [0.4, 0.5) is 0 Å². The van der Waals surface area contributed by atoms with Crippen molar-refractivity contribution >= 4 is 0 Å². The number of ether oxygens (including phenoxy) is 1. The molecule has 0 unspecified atom stereocenters. The van der Waals surface area contributed by atoms with E-state index in [9.17, 15) is 0 Å². The van der Waals surface area contributed by atoms with Crippen molar-refractivity contribution in [2.75, 3.05) is 19.7 Å². The van der Waals surface area contributed by atoms with E-state index in [2.05, 4.69) is 31.2 Å². The molecule has 0 bridgehead atoms. The molecule has 0 saturated heterocycles. The number of aryl methyl sites for hydroxylation is 1. The summed E-state index contributed by atoms with van der Waals surface area (Å²) in [5, 5.41) is 7.54. The monoisotopic (exact) mass is 225 g/mol. The van der Waals surface area contributed by atoms with Crippen molar-refractivity contribution in [3.05, 3.63) is 12.4 Å². The number of hydrogen-bond donors (Lipinski definition) is 1. The molecule has 0 amide bonds. The molecule has 0 aliphatic carbocycles. The van der Waals surface area contributed by atoms with Gasteiger partial charge in [0, 0.05) is 13.1 Å².